The number of nitrogens with zero attached hydrogens (tertiary/aromatic N) is 2. The number of aromatic nitrogens is 1. The molecule has 0 spiro atoms. The lowest BCUT2D eigenvalue weighted by atomic mass is 9.86. The molecule has 104 valence electrons. The first-order valence-corrected chi connectivity index (χ1v) is 8.22. The summed E-state index contributed by atoms with van der Waals surface area (Å²) in [4.78, 5) is 20.0. The number of rotatable bonds is 2. The molecule has 0 aromatic carbocycles. The third-order valence-corrected chi connectivity index (χ3v) is 5.72. The van der Waals surface area contributed by atoms with Gasteiger partial charge in [0.2, 0.25) is 0 Å². The van der Waals surface area contributed by atoms with E-state index in [4.69, 9.17) is 0 Å². The van der Waals surface area contributed by atoms with Crippen LogP contribution in [0.1, 0.15) is 60.8 Å². The normalized spacial score (nSPS) is 27.2. The Kier molecular flexibility index (Phi) is 3.61. The largest absolute Gasteiger partial charge is 0.348 e. The first-order valence-electron chi connectivity index (χ1n) is 7.41. The van der Waals surface area contributed by atoms with Crippen molar-refractivity contribution in [3.8, 4) is 0 Å². The lowest BCUT2D eigenvalue weighted by molar-refractivity contribution is 0.0968. The molecule has 1 aromatic heterocycles. The number of carbonyl (C=O) groups is 1. The molecule has 1 fully saturated rings. The third kappa shape index (κ3) is 2.55. The van der Waals surface area contributed by atoms with Crippen LogP contribution >= 0.6 is 11.3 Å². The van der Waals surface area contributed by atoms with Gasteiger partial charge in [-0.3, -0.25) is 4.79 Å². The smallest absolute Gasteiger partial charge is 0.186 e. The van der Waals surface area contributed by atoms with Gasteiger partial charge >= 0.3 is 0 Å². The van der Waals surface area contributed by atoms with Gasteiger partial charge in [0.15, 0.2) is 10.9 Å². The quantitative estimate of drug-likeness (QED) is 0.827. The van der Waals surface area contributed by atoms with E-state index in [0.717, 1.165) is 29.6 Å². The van der Waals surface area contributed by atoms with Crippen LogP contribution in [0.3, 0.4) is 0 Å². The fourth-order valence-corrected chi connectivity index (χ4v) is 4.47. The van der Waals surface area contributed by atoms with Gasteiger partial charge in [-0.2, -0.15) is 0 Å². The number of anilines is 1. The van der Waals surface area contributed by atoms with Gasteiger partial charge in [0.25, 0.3) is 0 Å². The second kappa shape index (κ2) is 5.23. The Morgan fingerprint density at radius 1 is 1.26 bits per heavy atom. The molecule has 1 heterocycles. The van der Waals surface area contributed by atoms with Gasteiger partial charge in [-0.15, -0.1) is 11.3 Å². The average Bonchev–Trinajstić information content (AvgIpc) is 2.83. The van der Waals surface area contributed by atoms with Gasteiger partial charge in [0.05, 0.1) is 0 Å². The maximum atomic E-state index is 11.9. The zero-order valence-electron chi connectivity index (χ0n) is 11.8. The Morgan fingerprint density at radius 3 is 2.84 bits per heavy atom. The Labute approximate surface area is 119 Å². The van der Waals surface area contributed by atoms with Crippen LogP contribution in [-0.2, 0) is 6.42 Å². The van der Waals surface area contributed by atoms with E-state index in [1.54, 1.807) is 11.3 Å². The van der Waals surface area contributed by atoms with Crippen LogP contribution in [-0.4, -0.2) is 23.9 Å². The van der Waals surface area contributed by atoms with Crippen LogP contribution in [0.2, 0.25) is 0 Å². The van der Waals surface area contributed by atoms with Gasteiger partial charge in [0, 0.05) is 24.4 Å². The highest BCUT2D eigenvalue weighted by Crippen LogP contribution is 2.35. The van der Waals surface area contributed by atoms with Crippen LogP contribution in [0.5, 0.6) is 0 Å². The van der Waals surface area contributed by atoms with Gasteiger partial charge in [-0.25, -0.2) is 4.98 Å². The molecule has 1 aromatic rings. The van der Waals surface area contributed by atoms with Gasteiger partial charge in [-0.1, -0.05) is 19.8 Å². The summed E-state index contributed by atoms with van der Waals surface area (Å²) < 4.78 is 0. The number of Topliss-reactive ketones (excluding diaryl/α,β-unsaturated/α-hetero) is 1. The average molecular weight is 278 g/mol. The second-order valence-electron chi connectivity index (χ2n) is 6.08. The van der Waals surface area contributed by atoms with E-state index >= 15 is 0 Å². The molecule has 0 bridgehead atoms. The summed E-state index contributed by atoms with van der Waals surface area (Å²) in [6.45, 7) is 2.34. The van der Waals surface area contributed by atoms with E-state index in [-0.39, 0.29) is 5.78 Å². The van der Waals surface area contributed by atoms with E-state index in [1.165, 1.54) is 30.6 Å². The summed E-state index contributed by atoms with van der Waals surface area (Å²) in [5, 5.41) is 1.05. The number of hydrogen-bond donors (Lipinski definition) is 0. The molecule has 0 amide bonds. The number of carbonyl (C=O) groups excluding carboxylic acids is 1. The highest BCUT2D eigenvalue weighted by Gasteiger charge is 2.27. The minimum absolute atomic E-state index is 0.245. The SMILES string of the molecule is CC1CCCC(N(C)c2nc3c(s2)CCCC3=O)C1. The summed E-state index contributed by atoms with van der Waals surface area (Å²) in [6, 6.07) is 0.603. The van der Waals surface area contributed by atoms with Crippen LogP contribution in [0, 0.1) is 5.92 Å². The first-order chi connectivity index (χ1) is 9.15. The lowest BCUT2D eigenvalue weighted by Gasteiger charge is -2.33. The zero-order valence-corrected chi connectivity index (χ0v) is 12.6. The molecule has 0 radical (unpaired) electrons. The molecule has 0 N–H and O–H groups in total. The molecular weight excluding hydrogens is 256 g/mol. The highest BCUT2D eigenvalue weighted by atomic mass is 32.1. The second-order valence-corrected chi connectivity index (χ2v) is 7.14. The van der Waals surface area contributed by atoms with Crippen molar-refractivity contribution >= 4 is 22.3 Å². The van der Waals surface area contributed by atoms with Crippen molar-refractivity contribution in [2.24, 2.45) is 5.92 Å². The number of hydrogen-bond acceptors (Lipinski definition) is 4. The van der Waals surface area contributed by atoms with E-state index in [1.807, 2.05) is 0 Å². The van der Waals surface area contributed by atoms with Crippen molar-refractivity contribution in [2.75, 3.05) is 11.9 Å². The van der Waals surface area contributed by atoms with Crippen LogP contribution in [0.4, 0.5) is 5.13 Å². The highest BCUT2D eigenvalue weighted by molar-refractivity contribution is 7.16. The molecule has 19 heavy (non-hydrogen) atoms. The molecule has 2 aliphatic carbocycles. The van der Waals surface area contributed by atoms with Crippen LogP contribution < -0.4 is 4.90 Å². The molecular formula is C15H22N2OS. The Bertz CT molecular complexity index is 482. The molecule has 2 unspecified atom stereocenters. The molecule has 0 aliphatic heterocycles. The van der Waals surface area contributed by atoms with Crippen molar-refractivity contribution in [1.82, 2.24) is 4.98 Å². The van der Waals surface area contributed by atoms with E-state index in [0.29, 0.717) is 12.5 Å². The molecule has 2 atom stereocenters. The minimum atomic E-state index is 0.245. The number of aryl methyl sites for hydroxylation is 1. The summed E-state index contributed by atoms with van der Waals surface area (Å²) >= 11 is 1.74. The monoisotopic (exact) mass is 278 g/mol. The van der Waals surface area contributed by atoms with Crippen LogP contribution in [0.25, 0.3) is 0 Å². The number of fused-ring (bicyclic) bond motifs is 1. The van der Waals surface area contributed by atoms with Crippen molar-refractivity contribution in [3.05, 3.63) is 10.6 Å². The van der Waals surface area contributed by atoms with Crippen molar-refractivity contribution in [1.29, 1.82) is 0 Å². The van der Waals surface area contributed by atoms with Crippen molar-refractivity contribution in [2.45, 2.75) is 57.9 Å². The summed E-state index contributed by atoms with van der Waals surface area (Å²) in [5.41, 5.74) is 0.766. The molecule has 3 rings (SSSR count). The molecule has 0 saturated heterocycles. The predicted molar refractivity (Wildman–Crippen MR) is 79.2 cm³/mol. The standard InChI is InChI=1S/C15H22N2OS/c1-10-5-3-6-11(9-10)17(2)15-16-14-12(18)7-4-8-13(14)19-15/h10-11H,3-9H2,1-2H3. The molecule has 3 nitrogen and oxygen atoms in total. The fraction of sp³-hybridized carbons (Fsp3) is 0.733. The lowest BCUT2D eigenvalue weighted by Crippen LogP contribution is -2.35. The van der Waals surface area contributed by atoms with Crippen LogP contribution in [0.15, 0.2) is 0 Å². The molecule has 2 aliphatic rings. The van der Waals surface area contributed by atoms with E-state index in [2.05, 4.69) is 23.9 Å². The van der Waals surface area contributed by atoms with E-state index in [9.17, 15) is 4.79 Å². The predicted octanol–water partition coefficient (Wildman–Crippen LogP) is 3.68. The maximum Gasteiger partial charge on any atom is 0.186 e. The first kappa shape index (κ1) is 13.1. The van der Waals surface area contributed by atoms with Gasteiger partial charge < -0.3 is 4.90 Å². The van der Waals surface area contributed by atoms with E-state index < -0.39 is 0 Å². The topological polar surface area (TPSA) is 33.2 Å². The maximum absolute atomic E-state index is 11.9. The summed E-state index contributed by atoms with van der Waals surface area (Å²) in [7, 11) is 2.15. The Morgan fingerprint density at radius 2 is 2.11 bits per heavy atom. The Balaban J connectivity index is 1.80. The fourth-order valence-electron chi connectivity index (χ4n) is 3.32. The number of ketones is 1. The zero-order chi connectivity index (χ0) is 13.4. The van der Waals surface area contributed by atoms with Gasteiger partial charge in [0.1, 0.15) is 5.69 Å². The molecule has 1 saturated carbocycles. The van der Waals surface area contributed by atoms with Crippen molar-refractivity contribution < 1.29 is 4.79 Å². The molecule has 4 heteroatoms. The third-order valence-electron chi connectivity index (χ3n) is 4.52. The van der Waals surface area contributed by atoms with Gasteiger partial charge in [-0.05, 0) is 31.6 Å². The summed E-state index contributed by atoms with van der Waals surface area (Å²) in [5.74, 6) is 1.06. The summed E-state index contributed by atoms with van der Waals surface area (Å²) in [6.07, 6.45) is 7.91. The Hall–Kier alpha value is -0.900. The van der Waals surface area contributed by atoms with Crippen molar-refractivity contribution in [3.63, 3.8) is 0 Å². The minimum Gasteiger partial charge on any atom is -0.348 e. The number of thiazole rings is 1.